The predicted octanol–water partition coefficient (Wildman–Crippen LogP) is -1.97. The Morgan fingerprint density at radius 1 is 1.40 bits per heavy atom. The lowest BCUT2D eigenvalue weighted by molar-refractivity contribution is -0.117. The lowest BCUT2D eigenvalue weighted by Crippen LogP contribution is -2.40. The Kier molecular flexibility index (Phi) is 3.97. The summed E-state index contributed by atoms with van der Waals surface area (Å²) in [5, 5.41) is 2.29. The zero-order chi connectivity index (χ0) is 7.98. The molecule has 0 aliphatic rings. The normalized spacial score (nSPS) is 8.50. The molecule has 58 valence electrons. The van der Waals surface area contributed by atoms with Gasteiger partial charge in [-0.25, -0.2) is 10.6 Å². The minimum atomic E-state index is -0.527. The minimum Gasteiger partial charge on any atom is -0.370 e. The number of nitrogens with one attached hydrogen (secondary N) is 2. The molecule has 0 aromatic carbocycles. The van der Waals surface area contributed by atoms with Gasteiger partial charge in [0, 0.05) is 13.0 Å². The Balaban J connectivity index is 3.20. The maximum Gasteiger partial charge on any atom is 0.328 e. The topological polar surface area (TPSA) is 110 Å². The number of primary amides is 1. The molecule has 0 fully saturated rings. The van der Waals surface area contributed by atoms with E-state index in [0.717, 1.165) is 0 Å². The fourth-order valence-electron chi connectivity index (χ4n) is 0.350. The van der Waals surface area contributed by atoms with Crippen molar-refractivity contribution in [2.75, 3.05) is 6.54 Å². The van der Waals surface area contributed by atoms with E-state index in [1.807, 2.05) is 5.43 Å². The van der Waals surface area contributed by atoms with Gasteiger partial charge in [0.1, 0.15) is 0 Å². The molecule has 3 amide bonds. The monoisotopic (exact) mass is 146 g/mol. The van der Waals surface area contributed by atoms with Crippen LogP contribution >= 0.6 is 0 Å². The summed E-state index contributed by atoms with van der Waals surface area (Å²) in [6.07, 6.45) is 0.118. The number of carbonyl (C=O) groups is 2. The van der Waals surface area contributed by atoms with E-state index in [9.17, 15) is 9.59 Å². The van der Waals surface area contributed by atoms with E-state index in [1.165, 1.54) is 0 Å². The lowest BCUT2D eigenvalue weighted by atomic mass is 10.4. The highest BCUT2D eigenvalue weighted by molar-refractivity contribution is 5.76. The fraction of sp³-hybridized carbons (Fsp3) is 0.500. The average Bonchev–Trinajstić information content (AvgIpc) is 1.87. The molecule has 0 rings (SSSR count). The van der Waals surface area contributed by atoms with Gasteiger partial charge in [-0.3, -0.25) is 10.2 Å². The van der Waals surface area contributed by atoms with E-state index in [1.54, 1.807) is 0 Å². The molecule has 6 heteroatoms. The number of hydrogen-bond donors (Lipinski definition) is 4. The van der Waals surface area contributed by atoms with E-state index in [0.29, 0.717) is 0 Å². The molecule has 0 bridgehead atoms. The van der Waals surface area contributed by atoms with Crippen molar-refractivity contribution < 1.29 is 9.59 Å². The van der Waals surface area contributed by atoms with Crippen LogP contribution in [0.25, 0.3) is 0 Å². The van der Waals surface area contributed by atoms with Gasteiger partial charge in [0.15, 0.2) is 0 Å². The Bertz CT molecular complexity index is 135. The third kappa shape index (κ3) is 4.85. The molecule has 0 aliphatic heterocycles. The zero-order valence-corrected chi connectivity index (χ0v) is 5.39. The molecule has 0 atom stereocenters. The number of rotatable bonds is 3. The first-order chi connectivity index (χ1) is 4.66. The molecule has 0 aromatic heterocycles. The molecule has 0 saturated heterocycles. The first-order valence-corrected chi connectivity index (χ1v) is 2.69. The molecule has 0 saturated carbocycles. The van der Waals surface area contributed by atoms with E-state index in [4.69, 9.17) is 11.6 Å². The fourth-order valence-corrected chi connectivity index (χ4v) is 0.350. The maximum absolute atomic E-state index is 10.3. The van der Waals surface area contributed by atoms with Crippen LogP contribution in [0.1, 0.15) is 6.42 Å². The summed E-state index contributed by atoms with van der Waals surface area (Å²) in [6, 6.07) is -0.527. The van der Waals surface area contributed by atoms with Crippen molar-refractivity contribution in [2.24, 2.45) is 11.6 Å². The van der Waals surface area contributed by atoms with Crippen molar-refractivity contribution in [2.45, 2.75) is 6.42 Å². The highest BCUT2D eigenvalue weighted by Gasteiger charge is 1.96. The molecule has 0 radical (unpaired) electrons. The van der Waals surface area contributed by atoms with Gasteiger partial charge in [-0.05, 0) is 0 Å². The third-order valence-electron chi connectivity index (χ3n) is 0.788. The second-order valence-electron chi connectivity index (χ2n) is 1.62. The largest absolute Gasteiger partial charge is 0.370 e. The smallest absolute Gasteiger partial charge is 0.328 e. The molecule has 6 nitrogen and oxygen atoms in total. The second kappa shape index (κ2) is 4.57. The van der Waals surface area contributed by atoms with Gasteiger partial charge in [-0.2, -0.15) is 0 Å². The van der Waals surface area contributed by atoms with Crippen LogP contribution in [0.15, 0.2) is 0 Å². The van der Waals surface area contributed by atoms with Gasteiger partial charge in [0.2, 0.25) is 5.91 Å². The van der Waals surface area contributed by atoms with E-state index in [2.05, 4.69) is 5.32 Å². The summed E-state index contributed by atoms with van der Waals surface area (Å²) in [7, 11) is 0. The van der Waals surface area contributed by atoms with E-state index >= 15 is 0 Å². The first-order valence-electron chi connectivity index (χ1n) is 2.69. The molecule has 0 unspecified atom stereocenters. The number of nitrogens with two attached hydrogens (primary N) is 2. The van der Waals surface area contributed by atoms with Gasteiger partial charge in [-0.1, -0.05) is 0 Å². The number of carbonyl (C=O) groups excluding carboxylic acids is 2. The van der Waals surface area contributed by atoms with Crippen molar-refractivity contribution in [1.29, 1.82) is 0 Å². The van der Waals surface area contributed by atoms with Crippen molar-refractivity contribution in [3.63, 3.8) is 0 Å². The summed E-state index contributed by atoms with van der Waals surface area (Å²) >= 11 is 0. The number of hydrogen-bond acceptors (Lipinski definition) is 3. The Morgan fingerprint density at radius 2 is 2.00 bits per heavy atom. The van der Waals surface area contributed by atoms with Gasteiger partial charge in [0.25, 0.3) is 0 Å². The quantitative estimate of drug-likeness (QED) is 0.210. The number of hydrazine groups is 1. The summed E-state index contributed by atoms with van der Waals surface area (Å²) < 4.78 is 0. The summed E-state index contributed by atoms with van der Waals surface area (Å²) in [5.74, 6) is 4.25. The molecule has 0 spiro atoms. The zero-order valence-electron chi connectivity index (χ0n) is 5.39. The van der Waals surface area contributed by atoms with Crippen molar-refractivity contribution in [3.8, 4) is 0 Å². The van der Waals surface area contributed by atoms with Crippen LogP contribution in [0.4, 0.5) is 4.79 Å². The van der Waals surface area contributed by atoms with Crippen LogP contribution in [-0.4, -0.2) is 18.5 Å². The summed E-state index contributed by atoms with van der Waals surface area (Å²) in [4.78, 5) is 20.4. The molecular formula is C4H10N4O2. The molecule has 10 heavy (non-hydrogen) atoms. The molecule has 0 aromatic rings. The van der Waals surface area contributed by atoms with Gasteiger partial charge in [0.05, 0.1) is 0 Å². The summed E-state index contributed by atoms with van der Waals surface area (Å²) in [5.41, 5.74) is 6.61. The molecule has 0 aliphatic carbocycles. The van der Waals surface area contributed by atoms with Crippen LogP contribution in [0.5, 0.6) is 0 Å². The molecule has 0 heterocycles. The second-order valence-corrected chi connectivity index (χ2v) is 1.62. The lowest BCUT2D eigenvalue weighted by Gasteiger charge is -2.00. The number of amides is 3. The van der Waals surface area contributed by atoms with Crippen molar-refractivity contribution in [3.05, 3.63) is 0 Å². The van der Waals surface area contributed by atoms with E-state index < -0.39 is 11.9 Å². The van der Waals surface area contributed by atoms with Crippen LogP contribution in [0.3, 0.4) is 0 Å². The number of urea groups is 1. The Morgan fingerprint density at radius 3 is 2.40 bits per heavy atom. The first kappa shape index (κ1) is 8.70. The van der Waals surface area contributed by atoms with Crippen LogP contribution in [0.2, 0.25) is 0 Å². The SMILES string of the molecule is NNC(=O)NCCC(N)=O. The predicted molar refractivity (Wildman–Crippen MR) is 34.5 cm³/mol. The molecule has 6 N–H and O–H groups in total. The minimum absolute atomic E-state index is 0.118. The van der Waals surface area contributed by atoms with Crippen LogP contribution in [-0.2, 0) is 4.79 Å². The molecular weight excluding hydrogens is 136 g/mol. The standard InChI is InChI=1S/C4H10N4O2/c5-3(9)1-2-7-4(10)8-6/h1-2,6H2,(H2,5,9)(H2,7,8,10). The maximum atomic E-state index is 10.3. The Labute approximate surface area is 57.9 Å². The highest BCUT2D eigenvalue weighted by atomic mass is 16.2. The van der Waals surface area contributed by atoms with E-state index in [-0.39, 0.29) is 13.0 Å². The third-order valence-corrected chi connectivity index (χ3v) is 0.788. The average molecular weight is 146 g/mol. The van der Waals surface area contributed by atoms with Gasteiger partial charge in [-0.15, -0.1) is 0 Å². The van der Waals surface area contributed by atoms with Crippen molar-refractivity contribution >= 4 is 11.9 Å². The van der Waals surface area contributed by atoms with Gasteiger partial charge < -0.3 is 11.1 Å². The summed E-state index contributed by atoms with van der Waals surface area (Å²) in [6.45, 7) is 0.207. The van der Waals surface area contributed by atoms with Crippen LogP contribution < -0.4 is 22.3 Å². The highest BCUT2D eigenvalue weighted by Crippen LogP contribution is 1.71. The Hall–Kier alpha value is -1.30. The van der Waals surface area contributed by atoms with Gasteiger partial charge >= 0.3 is 6.03 Å². The van der Waals surface area contributed by atoms with Crippen LogP contribution in [0, 0.1) is 0 Å². The van der Waals surface area contributed by atoms with Crippen molar-refractivity contribution in [1.82, 2.24) is 10.7 Å².